The quantitative estimate of drug-likeness (QED) is 0.821. The lowest BCUT2D eigenvalue weighted by Crippen LogP contribution is -2.24. The molecule has 130 valence electrons. The summed E-state index contributed by atoms with van der Waals surface area (Å²) in [5.74, 6) is 0.356. The molecule has 4 rings (SSSR count). The molecular formula is C20H21ClN2O2. The highest BCUT2D eigenvalue weighted by Crippen LogP contribution is 2.52. The van der Waals surface area contributed by atoms with E-state index in [1.807, 2.05) is 25.1 Å². The van der Waals surface area contributed by atoms with Crippen LogP contribution in [-0.2, 0) is 4.79 Å². The smallest absolute Gasteiger partial charge is 0.167 e. The van der Waals surface area contributed by atoms with E-state index in [1.165, 1.54) is 6.42 Å². The van der Waals surface area contributed by atoms with Crippen molar-refractivity contribution < 1.29 is 9.90 Å². The molecule has 25 heavy (non-hydrogen) atoms. The van der Waals surface area contributed by atoms with Crippen LogP contribution in [0.25, 0.3) is 11.3 Å². The fraction of sp³-hybridized carbons (Fsp3) is 0.400. The van der Waals surface area contributed by atoms with E-state index in [0.717, 1.165) is 42.5 Å². The average molecular weight is 357 g/mol. The lowest BCUT2D eigenvalue weighted by molar-refractivity contribution is -0.114. The summed E-state index contributed by atoms with van der Waals surface area (Å²) >= 11 is 5.97. The Morgan fingerprint density at radius 1 is 1.24 bits per heavy atom. The van der Waals surface area contributed by atoms with Gasteiger partial charge in [0.25, 0.3) is 0 Å². The first-order valence-electron chi connectivity index (χ1n) is 8.79. The molecule has 2 aliphatic carbocycles. The summed E-state index contributed by atoms with van der Waals surface area (Å²) in [6, 6.07) is 5.82. The topological polar surface area (TPSA) is 55.1 Å². The monoisotopic (exact) mass is 356 g/mol. The molecule has 0 amide bonds. The summed E-state index contributed by atoms with van der Waals surface area (Å²) in [5.41, 5.74) is 2.77. The van der Waals surface area contributed by atoms with E-state index in [-0.39, 0.29) is 11.2 Å². The fourth-order valence-electron chi connectivity index (χ4n) is 4.26. The van der Waals surface area contributed by atoms with Gasteiger partial charge in [-0.25, -0.2) is 4.68 Å². The number of Topliss-reactive ketones (excluding diaryl/α,β-unsaturated/α-hetero) is 1. The van der Waals surface area contributed by atoms with E-state index in [4.69, 9.17) is 11.6 Å². The number of hydrogen-bond acceptors (Lipinski definition) is 3. The van der Waals surface area contributed by atoms with Crippen LogP contribution in [0.1, 0.15) is 49.7 Å². The molecule has 0 unspecified atom stereocenters. The summed E-state index contributed by atoms with van der Waals surface area (Å²) in [6.45, 7) is 1.97. The first-order valence-corrected chi connectivity index (χ1v) is 9.16. The Morgan fingerprint density at radius 2 is 2.00 bits per heavy atom. The SMILES string of the molecule is Cc1ccc(-n2cc(Cl)cn2)cc1C1=C(O)C2(CCCCC2)CC1=O. The highest BCUT2D eigenvalue weighted by Gasteiger charge is 2.46. The van der Waals surface area contributed by atoms with Gasteiger partial charge in [0, 0.05) is 18.0 Å². The van der Waals surface area contributed by atoms with Crippen LogP contribution in [0.2, 0.25) is 5.02 Å². The van der Waals surface area contributed by atoms with E-state index >= 15 is 0 Å². The number of carbonyl (C=O) groups is 1. The van der Waals surface area contributed by atoms with Gasteiger partial charge in [0.05, 0.1) is 22.5 Å². The fourth-order valence-corrected chi connectivity index (χ4v) is 4.40. The van der Waals surface area contributed by atoms with Crippen molar-refractivity contribution in [2.75, 3.05) is 0 Å². The van der Waals surface area contributed by atoms with E-state index in [1.54, 1.807) is 17.1 Å². The number of benzene rings is 1. The minimum absolute atomic E-state index is 0.0538. The molecule has 1 spiro atoms. The molecule has 0 saturated heterocycles. The van der Waals surface area contributed by atoms with Gasteiger partial charge in [-0.1, -0.05) is 36.9 Å². The van der Waals surface area contributed by atoms with E-state index in [9.17, 15) is 9.90 Å². The summed E-state index contributed by atoms with van der Waals surface area (Å²) in [7, 11) is 0. The molecule has 5 heteroatoms. The van der Waals surface area contributed by atoms with E-state index in [2.05, 4.69) is 5.10 Å². The van der Waals surface area contributed by atoms with Gasteiger partial charge in [0.15, 0.2) is 5.78 Å². The number of aromatic nitrogens is 2. The third kappa shape index (κ3) is 2.69. The number of rotatable bonds is 2. The maximum atomic E-state index is 12.8. The number of aliphatic hydroxyl groups is 1. The van der Waals surface area contributed by atoms with Gasteiger partial charge in [0.2, 0.25) is 0 Å². The van der Waals surface area contributed by atoms with Crippen LogP contribution in [0.4, 0.5) is 0 Å². The number of nitrogens with zero attached hydrogens (tertiary/aromatic N) is 2. The summed E-state index contributed by atoms with van der Waals surface area (Å²) in [5, 5.41) is 15.8. The lowest BCUT2D eigenvalue weighted by atomic mass is 9.72. The Kier molecular flexibility index (Phi) is 3.95. The summed E-state index contributed by atoms with van der Waals surface area (Å²) in [6.07, 6.45) is 8.89. The first kappa shape index (κ1) is 16.4. The van der Waals surface area contributed by atoms with Gasteiger partial charge < -0.3 is 5.11 Å². The first-order chi connectivity index (χ1) is 12.0. The highest BCUT2D eigenvalue weighted by molar-refractivity contribution is 6.30. The highest BCUT2D eigenvalue weighted by atomic mass is 35.5. The normalized spacial score (nSPS) is 19.8. The molecule has 0 bridgehead atoms. The van der Waals surface area contributed by atoms with Crippen LogP contribution in [0.3, 0.4) is 0 Å². The molecule has 0 radical (unpaired) electrons. The molecule has 0 aliphatic heterocycles. The zero-order valence-electron chi connectivity index (χ0n) is 14.3. The van der Waals surface area contributed by atoms with Crippen LogP contribution >= 0.6 is 11.6 Å². The van der Waals surface area contributed by atoms with Gasteiger partial charge in [-0.05, 0) is 43.0 Å². The van der Waals surface area contributed by atoms with E-state index < -0.39 is 0 Å². The number of allylic oxidation sites excluding steroid dienone is 2. The van der Waals surface area contributed by atoms with Crippen LogP contribution in [0.5, 0.6) is 0 Å². The molecular weight excluding hydrogens is 336 g/mol. The Balaban J connectivity index is 1.82. The second kappa shape index (κ2) is 6.03. The summed E-state index contributed by atoms with van der Waals surface area (Å²) < 4.78 is 1.68. The molecule has 0 atom stereocenters. The van der Waals surface area contributed by atoms with Gasteiger partial charge in [-0.15, -0.1) is 0 Å². The minimum Gasteiger partial charge on any atom is -0.511 e. The number of aryl methyl sites for hydroxylation is 1. The van der Waals surface area contributed by atoms with E-state index in [0.29, 0.717) is 22.8 Å². The predicted octanol–water partition coefficient (Wildman–Crippen LogP) is 5.03. The van der Waals surface area contributed by atoms with Crippen LogP contribution < -0.4 is 0 Å². The molecule has 1 saturated carbocycles. The largest absolute Gasteiger partial charge is 0.511 e. The van der Waals surface area contributed by atoms with Crippen molar-refractivity contribution in [1.29, 1.82) is 0 Å². The van der Waals surface area contributed by atoms with Crippen molar-refractivity contribution in [3.8, 4) is 5.69 Å². The lowest BCUT2D eigenvalue weighted by Gasteiger charge is -2.32. The van der Waals surface area contributed by atoms with Gasteiger partial charge >= 0.3 is 0 Å². The van der Waals surface area contributed by atoms with Crippen LogP contribution in [0, 0.1) is 12.3 Å². The van der Waals surface area contributed by atoms with Crippen molar-refractivity contribution in [2.24, 2.45) is 5.41 Å². The Labute approximate surface area is 152 Å². The van der Waals surface area contributed by atoms with Crippen LogP contribution in [-0.4, -0.2) is 20.7 Å². The maximum absolute atomic E-state index is 12.8. The number of carbonyl (C=O) groups excluding carboxylic acids is 1. The van der Waals surface area contributed by atoms with Gasteiger partial charge in [-0.2, -0.15) is 5.10 Å². The average Bonchev–Trinajstić information content (AvgIpc) is 3.12. The third-order valence-electron chi connectivity index (χ3n) is 5.63. The number of hydrogen-bond donors (Lipinski definition) is 1. The molecule has 2 aliphatic rings. The second-order valence-electron chi connectivity index (χ2n) is 7.27. The van der Waals surface area contributed by atoms with Crippen molar-refractivity contribution in [1.82, 2.24) is 9.78 Å². The molecule has 1 heterocycles. The second-order valence-corrected chi connectivity index (χ2v) is 7.70. The number of halogens is 1. The third-order valence-corrected chi connectivity index (χ3v) is 5.83. The summed E-state index contributed by atoms with van der Waals surface area (Å²) in [4.78, 5) is 12.8. The van der Waals surface area contributed by atoms with Crippen molar-refractivity contribution >= 4 is 23.0 Å². The van der Waals surface area contributed by atoms with Gasteiger partial charge in [-0.3, -0.25) is 4.79 Å². The molecule has 4 nitrogen and oxygen atoms in total. The standard InChI is InChI=1S/C20H21ClN2O2/c1-13-5-6-15(23-12-14(21)11-22-23)9-16(13)18-17(24)10-20(19(18)25)7-3-2-4-8-20/h5-6,9,11-12,25H,2-4,7-8,10H2,1H3. The van der Waals surface area contributed by atoms with Crippen molar-refractivity contribution in [3.05, 3.63) is 52.5 Å². The zero-order chi connectivity index (χ0) is 17.6. The predicted molar refractivity (Wildman–Crippen MR) is 98.0 cm³/mol. The number of aliphatic hydroxyl groups excluding tert-OH is 1. The van der Waals surface area contributed by atoms with Crippen molar-refractivity contribution in [3.63, 3.8) is 0 Å². The molecule has 1 N–H and O–H groups in total. The molecule has 1 aromatic carbocycles. The Morgan fingerprint density at radius 3 is 2.68 bits per heavy atom. The Bertz CT molecular complexity index is 876. The molecule has 1 aromatic heterocycles. The number of ketones is 1. The molecule has 2 aromatic rings. The zero-order valence-corrected chi connectivity index (χ0v) is 15.0. The van der Waals surface area contributed by atoms with Crippen LogP contribution in [0.15, 0.2) is 36.4 Å². The maximum Gasteiger partial charge on any atom is 0.167 e. The Hall–Kier alpha value is -2.07. The van der Waals surface area contributed by atoms with Crippen molar-refractivity contribution in [2.45, 2.75) is 45.4 Å². The minimum atomic E-state index is -0.331. The van der Waals surface area contributed by atoms with Gasteiger partial charge in [0.1, 0.15) is 5.76 Å². The molecule has 1 fully saturated rings.